The molecule has 10 aromatic carbocycles. The first-order chi connectivity index (χ1) is 24.3. The van der Waals surface area contributed by atoms with Crippen LogP contribution in [0.2, 0.25) is 0 Å². The van der Waals surface area contributed by atoms with Gasteiger partial charge in [-0.2, -0.15) is 0 Å². The van der Waals surface area contributed by atoms with Crippen molar-refractivity contribution in [3.8, 4) is 33.4 Å². The van der Waals surface area contributed by atoms with Gasteiger partial charge in [0, 0.05) is 16.3 Å². The fraction of sp³-hybridized carbons (Fsp3) is 0. The lowest BCUT2D eigenvalue weighted by atomic mass is 9.84. The van der Waals surface area contributed by atoms with E-state index in [1.807, 2.05) is 12.1 Å². The first-order valence-corrected chi connectivity index (χ1v) is 16.9. The summed E-state index contributed by atoms with van der Waals surface area (Å²) in [6.07, 6.45) is 0. The molecule has 11 aromatic rings. The van der Waals surface area contributed by atoms with Crippen LogP contribution in [0.3, 0.4) is 0 Å². The first kappa shape index (κ1) is 26.6. The summed E-state index contributed by atoms with van der Waals surface area (Å²) >= 11 is 0. The van der Waals surface area contributed by atoms with Gasteiger partial charge in [0.2, 0.25) is 0 Å². The Labute approximate surface area is 282 Å². The Morgan fingerprint density at radius 1 is 0.265 bits per heavy atom. The monoisotopic (exact) mass is 620 g/mol. The van der Waals surface area contributed by atoms with Crippen LogP contribution in [-0.4, -0.2) is 0 Å². The summed E-state index contributed by atoms with van der Waals surface area (Å²) < 4.78 is 6.42. The van der Waals surface area contributed by atoms with E-state index >= 15 is 0 Å². The number of fused-ring (bicyclic) bond motifs is 9. The van der Waals surface area contributed by atoms with E-state index in [2.05, 4.69) is 158 Å². The standard InChI is InChI=1S/C48H28O/c1-2-11-29(12-3-1)33-27-43-36-16-5-4-15-35(36)39-19-10-20-40-42-26-31(23-24-37(42)44(28-33)47(43)46(39)40)30-13-8-14-32(25-30)34-18-9-21-41-38-17-6-7-22-45(38)49-48(34)41/h1-28H. The van der Waals surface area contributed by atoms with Crippen LogP contribution in [0.25, 0.3) is 109 Å². The second-order valence-electron chi connectivity index (χ2n) is 13.2. The van der Waals surface area contributed by atoms with E-state index in [1.165, 1.54) is 76.1 Å². The normalized spacial score (nSPS) is 12.1. The fourth-order valence-corrected chi connectivity index (χ4v) is 8.38. The largest absolute Gasteiger partial charge is 0.455 e. The molecule has 0 fully saturated rings. The van der Waals surface area contributed by atoms with Crippen molar-refractivity contribution < 1.29 is 4.42 Å². The van der Waals surface area contributed by atoms with Crippen LogP contribution < -0.4 is 0 Å². The van der Waals surface area contributed by atoms with Crippen LogP contribution in [0.1, 0.15) is 0 Å². The SMILES string of the molecule is c1ccc(-c2cc3c4ccccc4c4cccc5c6cc(-c7cccc(-c8cccc9c8oc8ccccc89)c7)ccc6c(c2)c3c45)cc1. The van der Waals surface area contributed by atoms with Crippen molar-refractivity contribution in [3.63, 3.8) is 0 Å². The molecule has 1 heteroatoms. The van der Waals surface area contributed by atoms with E-state index < -0.39 is 0 Å². The maximum Gasteiger partial charge on any atom is 0.143 e. The Morgan fingerprint density at radius 2 is 0.796 bits per heavy atom. The van der Waals surface area contributed by atoms with E-state index in [1.54, 1.807) is 0 Å². The van der Waals surface area contributed by atoms with E-state index in [-0.39, 0.29) is 0 Å². The fourth-order valence-electron chi connectivity index (χ4n) is 8.38. The molecule has 0 bridgehead atoms. The smallest absolute Gasteiger partial charge is 0.143 e. The first-order valence-electron chi connectivity index (χ1n) is 16.9. The van der Waals surface area contributed by atoms with Gasteiger partial charge in [-0.3, -0.25) is 0 Å². The zero-order valence-corrected chi connectivity index (χ0v) is 26.6. The molecule has 1 aromatic heterocycles. The molecule has 0 aliphatic rings. The van der Waals surface area contributed by atoms with Crippen LogP contribution >= 0.6 is 0 Å². The van der Waals surface area contributed by atoms with Crippen LogP contribution in [-0.2, 0) is 0 Å². The highest BCUT2D eigenvalue weighted by Gasteiger charge is 2.19. The maximum absolute atomic E-state index is 6.42. The summed E-state index contributed by atoms with van der Waals surface area (Å²) in [4.78, 5) is 0. The molecule has 0 saturated carbocycles. The van der Waals surface area contributed by atoms with Gasteiger partial charge >= 0.3 is 0 Å². The molecule has 0 unspecified atom stereocenters. The van der Waals surface area contributed by atoms with Gasteiger partial charge < -0.3 is 4.42 Å². The molecule has 0 aliphatic heterocycles. The lowest BCUT2D eigenvalue weighted by molar-refractivity contribution is 0.670. The summed E-state index contributed by atoms with van der Waals surface area (Å²) in [5, 5.41) is 15.4. The maximum atomic E-state index is 6.42. The lowest BCUT2D eigenvalue weighted by Crippen LogP contribution is -1.91. The highest BCUT2D eigenvalue weighted by Crippen LogP contribution is 2.47. The van der Waals surface area contributed by atoms with E-state index in [9.17, 15) is 0 Å². The molecule has 0 radical (unpaired) electrons. The molecule has 0 N–H and O–H groups in total. The Morgan fingerprint density at radius 3 is 1.63 bits per heavy atom. The van der Waals surface area contributed by atoms with Crippen molar-refractivity contribution in [2.45, 2.75) is 0 Å². The Hall–Kier alpha value is -6.44. The van der Waals surface area contributed by atoms with Crippen molar-refractivity contribution in [1.29, 1.82) is 0 Å². The van der Waals surface area contributed by atoms with E-state index in [4.69, 9.17) is 4.42 Å². The zero-order chi connectivity index (χ0) is 32.1. The minimum absolute atomic E-state index is 0.920. The van der Waals surface area contributed by atoms with Crippen LogP contribution in [0.5, 0.6) is 0 Å². The molecule has 11 rings (SSSR count). The van der Waals surface area contributed by atoms with E-state index in [0.717, 1.165) is 33.1 Å². The number of hydrogen-bond donors (Lipinski definition) is 0. The number of hydrogen-bond acceptors (Lipinski definition) is 1. The lowest BCUT2D eigenvalue weighted by Gasteiger charge is -2.19. The van der Waals surface area contributed by atoms with Crippen LogP contribution in [0, 0.1) is 0 Å². The third-order valence-corrected chi connectivity index (χ3v) is 10.6. The van der Waals surface area contributed by atoms with Crippen molar-refractivity contribution in [2.75, 3.05) is 0 Å². The highest BCUT2D eigenvalue weighted by molar-refractivity contribution is 6.40. The van der Waals surface area contributed by atoms with Crippen molar-refractivity contribution in [3.05, 3.63) is 170 Å². The second kappa shape index (κ2) is 10.0. The number of para-hydroxylation sites is 2. The minimum atomic E-state index is 0.920. The molecule has 0 aliphatic carbocycles. The molecule has 0 amide bonds. The van der Waals surface area contributed by atoms with Gasteiger partial charge in [0.05, 0.1) is 0 Å². The number of rotatable bonds is 3. The minimum Gasteiger partial charge on any atom is -0.455 e. The van der Waals surface area contributed by atoms with Gasteiger partial charge in [0.25, 0.3) is 0 Å². The van der Waals surface area contributed by atoms with Crippen LogP contribution in [0.4, 0.5) is 0 Å². The molecular formula is C48H28O. The van der Waals surface area contributed by atoms with Gasteiger partial charge in [-0.25, -0.2) is 0 Å². The van der Waals surface area contributed by atoms with Crippen LogP contribution in [0.15, 0.2) is 174 Å². The summed E-state index contributed by atoms with van der Waals surface area (Å²) in [5.74, 6) is 0. The van der Waals surface area contributed by atoms with Crippen molar-refractivity contribution >= 4 is 75.8 Å². The molecular weight excluding hydrogens is 593 g/mol. The Bertz CT molecular complexity index is 3090. The number of furan rings is 1. The van der Waals surface area contributed by atoms with Gasteiger partial charge in [-0.15, -0.1) is 0 Å². The summed E-state index contributed by atoms with van der Waals surface area (Å²) in [6, 6.07) is 62.0. The molecule has 1 heterocycles. The predicted octanol–water partition coefficient (Wildman–Crippen LogP) is 13.8. The molecule has 226 valence electrons. The molecule has 0 atom stereocenters. The molecule has 0 saturated heterocycles. The third kappa shape index (κ3) is 3.82. The van der Waals surface area contributed by atoms with Gasteiger partial charge in [-0.1, -0.05) is 140 Å². The Kier molecular flexibility index (Phi) is 5.45. The summed E-state index contributed by atoms with van der Waals surface area (Å²) in [6.45, 7) is 0. The predicted molar refractivity (Wildman–Crippen MR) is 209 cm³/mol. The summed E-state index contributed by atoms with van der Waals surface area (Å²) in [7, 11) is 0. The van der Waals surface area contributed by atoms with Gasteiger partial charge in [0.15, 0.2) is 0 Å². The molecule has 1 nitrogen and oxygen atoms in total. The third-order valence-electron chi connectivity index (χ3n) is 10.6. The molecule has 49 heavy (non-hydrogen) atoms. The van der Waals surface area contributed by atoms with Crippen molar-refractivity contribution in [1.82, 2.24) is 0 Å². The molecule has 0 spiro atoms. The Balaban J connectivity index is 1.18. The highest BCUT2D eigenvalue weighted by atomic mass is 16.3. The second-order valence-corrected chi connectivity index (χ2v) is 13.2. The van der Waals surface area contributed by atoms with Gasteiger partial charge in [0.1, 0.15) is 11.2 Å². The van der Waals surface area contributed by atoms with Gasteiger partial charge in [-0.05, 0) is 112 Å². The van der Waals surface area contributed by atoms with Crippen molar-refractivity contribution in [2.24, 2.45) is 0 Å². The van der Waals surface area contributed by atoms with E-state index in [0.29, 0.717) is 0 Å². The summed E-state index contributed by atoms with van der Waals surface area (Å²) in [5.41, 5.74) is 8.98. The average Bonchev–Trinajstić information content (AvgIpc) is 3.56. The number of benzene rings is 10. The average molecular weight is 621 g/mol. The topological polar surface area (TPSA) is 13.1 Å². The quantitative estimate of drug-likeness (QED) is 0.141. The zero-order valence-electron chi connectivity index (χ0n) is 26.6.